The van der Waals surface area contributed by atoms with Gasteiger partial charge in [0.2, 0.25) is 5.91 Å². The summed E-state index contributed by atoms with van der Waals surface area (Å²) in [6, 6.07) is 14.7. The molecular weight excluding hydrogens is 312 g/mol. The number of hydrogen-bond donors (Lipinski definition) is 1. The van der Waals surface area contributed by atoms with Crippen LogP contribution in [0.3, 0.4) is 0 Å². The van der Waals surface area contributed by atoms with Gasteiger partial charge in [-0.1, -0.05) is 36.4 Å². The molecule has 1 saturated heterocycles. The highest BCUT2D eigenvalue weighted by Gasteiger charge is 2.40. The van der Waals surface area contributed by atoms with Crippen molar-refractivity contribution in [2.24, 2.45) is 5.92 Å². The molecule has 1 aliphatic rings. The topological polar surface area (TPSA) is 98.5 Å². The number of anilines is 1. The zero-order valence-corrected chi connectivity index (χ0v) is 12.5. The Bertz CT molecular complexity index is 791. The van der Waals surface area contributed by atoms with E-state index in [2.05, 4.69) is 5.32 Å². The fourth-order valence-electron chi connectivity index (χ4n) is 2.66. The van der Waals surface area contributed by atoms with Gasteiger partial charge in [-0.2, -0.15) is 0 Å². The highest BCUT2D eigenvalue weighted by Crippen LogP contribution is 2.36. The first-order chi connectivity index (χ1) is 11.5. The van der Waals surface area contributed by atoms with Crippen molar-refractivity contribution in [3.63, 3.8) is 0 Å². The van der Waals surface area contributed by atoms with Gasteiger partial charge in [-0.25, -0.2) is 0 Å². The summed E-state index contributed by atoms with van der Waals surface area (Å²) in [5.74, 6) is -1.53. The number of cyclic esters (lactones) is 1. The molecule has 0 saturated carbocycles. The third-order valence-corrected chi connectivity index (χ3v) is 3.80. The molecule has 1 heterocycles. The Labute approximate surface area is 137 Å². The summed E-state index contributed by atoms with van der Waals surface area (Å²) in [5, 5.41) is 13.4. The molecule has 0 radical (unpaired) electrons. The number of rotatable bonds is 4. The SMILES string of the molecule is O=C1C[C@@H](C(=O)Nc2cccc([N+](=O)[O-])c2)[C@@H](c2ccccc2)O1. The summed E-state index contributed by atoms with van der Waals surface area (Å²) in [6.07, 6.45) is -0.683. The maximum atomic E-state index is 12.5. The maximum Gasteiger partial charge on any atom is 0.307 e. The molecular formula is C17H14N2O5. The van der Waals surface area contributed by atoms with Crippen molar-refractivity contribution < 1.29 is 19.2 Å². The third kappa shape index (κ3) is 3.24. The smallest absolute Gasteiger partial charge is 0.307 e. The van der Waals surface area contributed by atoms with Crippen LogP contribution in [0.2, 0.25) is 0 Å². The number of hydrogen-bond acceptors (Lipinski definition) is 5. The second-order valence-corrected chi connectivity index (χ2v) is 5.43. The second-order valence-electron chi connectivity index (χ2n) is 5.43. The summed E-state index contributed by atoms with van der Waals surface area (Å²) in [7, 11) is 0. The van der Waals surface area contributed by atoms with Crippen molar-refractivity contribution >= 4 is 23.3 Å². The van der Waals surface area contributed by atoms with Crippen molar-refractivity contribution in [2.75, 3.05) is 5.32 Å². The number of nitro benzene ring substituents is 1. The van der Waals surface area contributed by atoms with Gasteiger partial charge in [0.05, 0.1) is 17.3 Å². The van der Waals surface area contributed by atoms with E-state index in [1.807, 2.05) is 6.07 Å². The Hall–Kier alpha value is -3.22. The number of amides is 1. The van der Waals surface area contributed by atoms with Crippen LogP contribution in [0, 0.1) is 16.0 Å². The van der Waals surface area contributed by atoms with Crippen LogP contribution in [0.5, 0.6) is 0 Å². The van der Waals surface area contributed by atoms with E-state index < -0.39 is 28.8 Å². The Morgan fingerprint density at radius 3 is 2.62 bits per heavy atom. The molecule has 2 aromatic carbocycles. The molecule has 7 nitrogen and oxygen atoms in total. The van der Waals surface area contributed by atoms with Crippen LogP contribution in [-0.2, 0) is 14.3 Å². The van der Waals surface area contributed by atoms with Crippen molar-refractivity contribution in [3.05, 3.63) is 70.3 Å². The summed E-state index contributed by atoms with van der Waals surface area (Å²) in [5.41, 5.74) is 0.925. The standard InChI is InChI=1S/C17H14N2O5/c20-15-10-14(16(24-15)11-5-2-1-3-6-11)17(21)18-12-7-4-8-13(9-12)19(22)23/h1-9,14,16H,10H2,(H,18,21)/t14-,16-/m1/s1. The molecule has 122 valence electrons. The molecule has 1 aliphatic heterocycles. The van der Waals surface area contributed by atoms with Crippen LogP contribution in [0.15, 0.2) is 54.6 Å². The van der Waals surface area contributed by atoms with Gasteiger partial charge < -0.3 is 10.1 Å². The zero-order valence-electron chi connectivity index (χ0n) is 12.5. The van der Waals surface area contributed by atoms with Crippen LogP contribution in [0.4, 0.5) is 11.4 Å². The fraction of sp³-hybridized carbons (Fsp3) is 0.176. The number of esters is 1. The highest BCUT2D eigenvalue weighted by atomic mass is 16.6. The van der Waals surface area contributed by atoms with Gasteiger partial charge in [0.1, 0.15) is 6.10 Å². The molecule has 0 aromatic heterocycles. The van der Waals surface area contributed by atoms with Crippen molar-refractivity contribution in [1.82, 2.24) is 0 Å². The van der Waals surface area contributed by atoms with E-state index in [-0.39, 0.29) is 12.1 Å². The van der Waals surface area contributed by atoms with E-state index in [1.165, 1.54) is 18.2 Å². The van der Waals surface area contributed by atoms with Gasteiger partial charge in [-0.05, 0) is 11.6 Å². The first-order valence-electron chi connectivity index (χ1n) is 7.34. The van der Waals surface area contributed by atoms with Crippen molar-refractivity contribution in [1.29, 1.82) is 0 Å². The number of carbonyl (C=O) groups is 2. The van der Waals surface area contributed by atoms with E-state index in [1.54, 1.807) is 30.3 Å². The van der Waals surface area contributed by atoms with Gasteiger partial charge in [0.15, 0.2) is 0 Å². The first-order valence-corrected chi connectivity index (χ1v) is 7.34. The van der Waals surface area contributed by atoms with E-state index in [4.69, 9.17) is 4.74 Å². The lowest BCUT2D eigenvalue weighted by Crippen LogP contribution is -2.25. The summed E-state index contributed by atoms with van der Waals surface area (Å²) >= 11 is 0. The molecule has 0 spiro atoms. The summed E-state index contributed by atoms with van der Waals surface area (Å²) < 4.78 is 5.27. The maximum absolute atomic E-state index is 12.5. The number of non-ortho nitro benzene ring substituents is 1. The minimum atomic E-state index is -0.681. The molecule has 1 amide bonds. The van der Waals surface area contributed by atoms with Crippen LogP contribution in [0.25, 0.3) is 0 Å². The Morgan fingerprint density at radius 1 is 1.17 bits per heavy atom. The molecule has 2 atom stereocenters. The largest absolute Gasteiger partial charge is 0.457 e. The Kier molecular flexibility index (Phi) is 4.24. The highest BCUT2D eigenvalue weighted by molar-refractivity contribution is 5.96. The summed E-state index contributed by atoms with van der Waals surface area (Å²) in [6.45, 7) is 0. The molecule has 0 aliphatic carbocycles. The summed E-state index contributed by atoms with van der Waals surface area (Å²) in [4.78, 5) is 34.4. The van der Waals surface area contributed by atoms with Crippen LogP contribution < -0.4 is 5.32 Å². The van der Waals surface area contributed by atoms with E-state index in [0.717, 1.165) is 5.56 Å². The minimum Gasteiger partial charge on any atom is -0.457 e. The van der Waals surface area contributed by atoms with E-state index >= 15 is 0 Å². The monoisotopic (exact) mass is 326 g/mol. The van der Waals surface area contributed by atoms with Crippen molar-refractivity contribution in [3.8, 4) is 0 Å². The van der Waals surface area contributed by atoms with Gasteiger partial charge in [0, 0.05) is 17.8 Å². The predicted octanol–water partition coefficient (Wildman–Crippen LogP) is 2.84. The second kappa shape index (κ2) is 6.49. The van der Waals surface area contributed by atoms with E-state index in [9.17, 15) is 19.7 Å². The van der Waals surface area contributed by atoms with Gasteiger partial charge >= 0.3 is 5.97 Å². The number of nitrogens with one attached hydrogen (secondary N) is 1. The Balaban J connectivity index is 1.79. The molecule has 0 unspecified atom stereocenters. The fourth-order valence-corrected chi connectivity index (χ4v) is 2.66. The number of carbonyl (C=O) groups excluding carboxylic acids is 2. The quantitative estimate of drug-likeness (QED) is 0.529. The minimum absolute atomic E-state index is 0.0275. The number of benzene rings is 2. The van der Waals surface area contributed by atoms with Gasteiger partial charge in [0.25, 0.3) is 5.69 Å². The molecule has 0 bridgehead atoms. The average molecular weight is 326 g/mol. The lowest BCUT2D eigenvalue weighted by molar-refractivity contribution is -0.384. The molecule has 24 heavy (non-hydrogen) atoms. The number of nitro groups is 1. The number of ether oxygens (including phenoxy) is 1. The third-order valence-electron chi connectivity index (χ3n) is 3.80. The van der Waals surface area contributed by atoms with Crippen LogP contribution in [0.1, 0.15) is 18.1 Å². The first kappa shape index (κ1) is 15.7. The zero-order chi connectivity index (χ0) is 17.1. The lowest BCUT2D eigenvalue weighted by atomic mass is 9.94. The van der Waals surface area contributed by atoms with Crippen LogP contribution in [-0.4, -0.2) is 16.8 Å². The Morgan fingerprint density at radius 2 is 1.92 bits per heavy atom. The van der Waals surface area contributed by atoms with Gasteiger partial charge in [-0.3, -0.25) is 19.7 Å². The molecule has 7 heteroatoms. The van der Waals surface area contributed by atoms with Crippen LogP contribution >= 0.6 is 0 Å². The lowest BCUT2D eigenvalue weighted by Gasteiger charge is -2.17. The number of nitrogens with zero attached hydrogens (tertiary/aromatic N) is 1. The predicted molar refractivity (Wildman–Crippen MR) is 85.1 cm³/mol. The van der Waals surface area contributed by atoms with Gasteiger partial charge in [-0.15, -0.1) is 0 Å². The van der Waals surface area contributed by atoms with E-state index in [0.29, 0.717) is 5.69 Å². The van der Waals surface area contributed by atoms with Crippen molar-refractivity contribution in [2.45, 2.75) is 12.5 Å². The molecule has 2 aromatic rings. The molecule has 1 N–H and O–H groups in total. The average Bonchev–Trinajstić information content (AvgIpc) is 2.98. The molecule has 1 fully saturated rings. The normalized spacial score (nSPS) is 19.6. The molecule has 3 rings (SSSR count).